The van der Waals surface area contributed by atoms with Crippen LogP contribution in [-0.4, -0.2) is 57.0 Å². The Balaban J connectivity index is 1.67. The third kappa shape index (κ3) is 6.60. The number of nitro groups is 1. The van der Waals surface area contributed by atoms with E-state index in [9.17, 15) is 19.7 Å². The van der Waals surface area contributed by atoms with Crippen molar-refractivity contribution in [1.29, 1.82) is 0 Å². The maximum Gasteiger partial charge on any atom is 0.284 e. The first-order chi connectivity index (χ1) is 15.7. The number of nitrogens with one attached hydrogen (secondary N) is 2. The van der Waals surface area contributed by atoms with Gasteiger partial charge in [0.1, 0.15) is 6.33 Å². The standard InChI is InChI=1S/C21H23N7O4S/c1-26(2)12-19(29)24-16-6-4-5-14(9-16)11-22-20(30)15-7-8-18(17(10-15)28(31)32)33-21-25-23-13-27(21)3/h4-10,13H,11-12H2,1-3H3,(H,22,30)(H,24,29). The monoisotopic (exact) mass is 469 g/mol. The molecule has 0 saturated carbocycles. The maximum atomic E-state index is 12.6. The molecule has 2 N–H and O–H groups in total. The number of aromatic nitrogens is 3. The van der Waals surface area contributed by atoms with Gasteiger partial charge in [0.25, 0.3) is 11.6 Å². The predicted molar refractivity (Wildman–Crippen MR) is 123 cm³/mol. The van der Waals surface area contributed by atoms with Crippen LogP contribution >= 0.6 is 11.8 Å². The Morgan fingerprint density at radius 3 is 2.67 bits per heavy atom. The van der Waals surface area contributed by atoms with Gasteiger partial charge in [0.05, 0.1) is 16.4 Å². The number of carbonyl (C=O) groups excluding carboxylic acids is 2. The summed E-state index contributed by atoms with van der Waals surface area (Å²) in [6.45, 7) is 0.449. The van der Waals surface area contributed by atoms with E-state index in [1.165, 1.54) is 24.5 Å². The lowest BCUT2D eigenvalue weighted by atomic mass is 10.1. The van der Waals surface area contributed by atoms with Gasteiger partial charge in [-0.1, -0.05) is 12.1 Å². The van der Waals surface area contributed by atoms with Gasteiger partial charge in [-0.25, -0.2) is 0 Å². The zero-order chi connectivity index (χ0) is 24.0. The molecule has 2 amide bonds. The van der Waals surface area contributed by atoms with Crippen LogP contribution in [0.3, 0.4) is 0 Å². The van der Waals surface area contributed by atoms with Gasteiger partial charge in [-0.2, -0.15) is 0 Å². The van der Waals surface area contributed by atoms with E-state index in [4.69, 9.17) is 0 Å². The molecular weight excluding hydrogens is 446 g/mol. The van der Waals surface area contributed by atoms with Crippen LogP contribution in [0.1, 0.15) is 15.9 Å². The Morgan fingerprint density at radius 2 is 2.00 bits per heavy atom. The van der Waals surface area contributed by atoms with Crippen molar-refractivity contribution in [3.63, 3.8) is 0 Å². The first-order valence-corrected chi connectivity index (χ1v) is 10.7. The number of rotatable bonds is 9. The Bertz CT molecular complexity index is 1180. The average molecular weight is 470 g/mol. The Kier molecular flexibility index (Phi) is 7.74. The van der Waals surface area contributed by atoms with E-state index in [0.717, 1.165) is 17.3 Å². The fraction of sp³-hybridized carbons (Fsp3) is 0.238. The third-order valence-electron chi connectivity index (χ3n) is 4.41. The van der Waals surface area contributed by atoms with Crippen molar-refractivity contribution in [3.05, 3.63) is 70.0 Å². The number of hydrogen-bond donors (Lipinski definition) is 2. The van der Waals surface area contributed by atoms with Gasteiger partial charge in [0.15, 0.2) is 5.16 Å². The molecule has 3 rings (SSSR count). The molecular formula is C21H23N7O4S. The van der Waals surface area contributed by atoms with E-state index in [1.807, 2.05) is 6.07 Å². The summed E-state index contributed by atoms with van der Waals surface area (Å²) < 4.78 is 1.64. The lowest BCUT2D eigenvalue weighted by molar-refractivity contribution is -0.387. The minimum atomic E-state index is -0.532. The van der Waals surface area contributed by atoms with E-state index >= 15 is 0 Å². The second kappa shape index (κ2) is 10.7. The van der Waals surface area contributed by atoms with Crippen LogP contribution in [-0.2, 0) is 18.4 Å². The molecule has 0 spiro atoms. The largest absolute Gasteiger partial charge is 0.348 e. The first-order valence-electron chi connectivity index (χ1n) is 9.85. The molecule has 33 heavy (non-hydrogen) atoms. The van der Waals surface area contributed by atoms with Gasteiger partial charge in [0.2, 0.25) is 5.91 Å². The van der Waals surface area contributed by atoms with Gasteiger partial charge < -0.3 is 20.1 Å². The minimum absolute atomic E-state index is 0.146. The van der Waals surface area contributed by atoms with E-state index < -0.39 is 10.8 Å². The average Bonchev–Trinajstić information content (AvgIpc) is 3.16. The smallest absolute Gasteiger partial charge is 0.284 e. The van der Waals surface area contributed by atoms with Crippen LogP contribution in [0.5, 0.6) is 0 Å². The number of anilines is 1. The topological polar surface area (TPSA) is 135 Å². The van der Waals surface area contributed by atoms with Crippen LogP contribution in [0, 0.1) is 10.1 Å². The summed E-state index contributed by atoms with van der Waals surface area (Å²) in [5.74, 6) is -0.594. The molecule has 1 aromatic heterocycles. The molecule has 0 aliphatic carbocycles. The van der Waals surface area contributed by atoms with Crippen molar-refractivity contribution in [1.82, 2.24) is 25.0 Å². The molecule has 12 heteroatoms. The molecule has 0 radical (unpaired) electrons. The molecule has 172 valence electrons. The van der Waals surface area contributed by atoms with Crippen LogP contribution < -0.4 is 10.6 Å². The molecule has 0 atom stereocenters. The van der Waals surface area contributed by atoms with Gasteiger partial charge in [-0.3, -0.25) is 19.7 Å². The third-order valence-corrected chi connectivity index (χ3v) is 5.53. The van der Waals surface area contributed by atoms with Gasteiger partial charge in [0, 0.05) is 30.9 Å². The molecule has 2 aromatic carbocycles. The number of amides is 2. The first kappa shape index (κ1) is 23.9. The molecule has 0 aliphatic rings. The summed E-state index contributed by atoms with van der Waals surface area (Å²) in [6, 6.07) is 11.4. The highest BCUT2D eigenvalue weighted by Gasteiger charge is 2.20. The van der Waals surface area contributed by atoms with Gasteiger partial charge >= 0.3 is 0 Å². The Morgan fingerprint density at radius 1 is 1.21 bits per heavy atom. The van der Waals surface area contributed by atoms with Crippen molar-refractivity contribution in [2.24, 2.45) is 7.05 Å². The summed E-state index contributed by atoms with van der Waals surface area (Å²) >= 11 is 1.09. The molecule has 1 heterocycles. The molecule has 0 unspecified atom stereocenters. The number of benzene rings is 2. The molecule has 0 fully saturated rings. The summed E-state index contributed by atoms with van der Waals surface area (Å²) in [6.07, 6.45) is 1.50. The highest BCUT2D eigenvalue weighted by molar-refractivity contribution is 7.99. The van der Waals surface area contributed by atoms with Crippen molar-refractivity contribution < 1.29 is 14.5 Å². The van der Waals surface area contributed by atoms with Gasteiger partial charge in [-0.05, 0) is 55.7 Å². The zero-order valence-corrected chi connectivity index (χ0v) is 19.1. The summed E-state index contributed by atoms with van der Waals surface area (Å²) in [5, 5.41) is 25.3. The lowest BCUT2D eigenvalue weighted by Gasteiger charge is -2.11. The number of aryl methyl sites for hydroxylation is 1. The SMILES string of the molecule is CN(C)CC(=O)Nc1cccc(CNC(=O)c2ccc(Sc3nncn3C)c([N+](=O)[O-])c2)c1. The van der Waals surface area contributed by atoms with Crippen molar-refractivity contribution in [2.45, 2.75) is 16.6 Å². The number of nitrogens with zero attached hydrogens (tertiary/aromatic N) is 5. The van der Waals surface area contributed by atoms with Crippen molar-refractivity contribution >= 4 is 35.0 Å². The quantitative estimate of drug-likeness (QED) is 0.360. The van der Waals surface area contributed by atoms with Crippen molar-refractivity contribution in [3.8, 4) is 0 Å². The summed E-state index contributed by atoms with van der Waals surface area (Å²) in [7, 11) is 5.34. The fourth-order valence-corrected chi connectivity index (χ4v) is 3.73. The Labute approximate surface area is 194 Å². The fourth-order valence-electron chi connectivity index (χ4n) is 2.88. The Hall–Kier alpha value is -3.77. The lowest BCUT2D eigenvalue weighted by Crippen LogP contribution is -2.27. The zero-order valence-electron chi connectivity index (χ0n) is 18.3. The number of hydrogen-bond acceptors (Lipinski definition) is 8. The molecule has 3 aromatic rings. The molecule has 11 nitrogen and oxygen atoms in total. The predicted octanol–water partition coefficient (Wildman–Crippen LogP) is 2.30. The van der Waals surface area contributed by atoms with Crippen LogP contribution in [0.15, 0.2) is 58.8 Å². The highest BCUT2D eigenvalue weighted by Crippen LogP contribution is 2.34. The van der Waals surface area contributed by atoms with Crippen LogP contribution in [0.4, 0.5) is 11.4 Å². The molecule has 0 aliphatic heterocycles. The van der Waals surface area contributed by atoms with E-state index in [1.54, 1.807) is 48.8 Å². The maximum absolute atomic E-state index is 12.6. The second-order valence-corrected chi connectivity index (χ2v) is 8.44. The normalized spacial score (nSPS) is 10.8. The number of carbonyl (C=O) groups is 2. The number of likely N-dealkylation sites (N-methyl/N-ethyl adjacent to an activating group) is 1. The van der Waals surface area contributed by atoms with Crippen molar-refractivity contribution in [2.75, 3.05) is 26.0 Å². The summed E-state index contributed by atoms with van der Waals surface area (Å²) in [5.41, 5.74) is 1.37. The number of nitro benzene ring substituents is 1. The van der Waals surface area contributed by atoms with E-state index in [0.29, 0.717) is 15.7 Å². The molecule has 0 saturated heterocycles. The summed E-state index contributed by atoms with van der Waals surface area (Å²) in [4.78, 5) is 37.7. The minimum Gasteiger partial charge on any atom is -0.348 e. The van der Waals surface area contributed by atoms with E-state index in [2.05, 4.69) is 20.8 Å². The molecule has 0 bridgehead atoms. The van der Waals surface area contributed by atoms with Crippen LogP contribution in [0.25, 0.3) is 0 Å². The van der Waals surface area contributed by atoms with Gasteiger partial charge in [-0.15, -0.1) is 10.2 Å². The van der Waals surface area contributed by atoms with E-state index in [-0.39, 0.29) is 30.2 Å². The van der Waals surface area contributed by atoms with Crippen LogP contribution in [0.2, 0.25) is 0 Å². The second-order valence-electron chi connectivity index (χ2n) is 7.44. The highest BCUT2D eigenvalue weighted by atomic mass is 32.2.